The van der Waals surface area contributed by atoms with Gasteiger partial charge in [-0.3, -0.25) is 9.59 Å². The molecule has 1 atom stereocenters. The highest BCUT2D eigenvalue weighted by molar-refractivity contribution is 5.91. The molecule has 1 aliphatic rings. The van der Waals surface area contributed by atoms with Crippen molar-refractivity contribution in [3.8, 4) is 0 Å². The van der Waals surface area contributed by atoms with Crippen molar-refractivity contribution in [2.45, 2.75) is 13.3 Å². The normalized spacial score (nSPS) is 18.7. The van der Waals surface area contributed by atoms with E-state index in [-0.39, 0.29) is 23.1 Å². The molecule has 0 aromatic carbocycles. The molecule has 0 radical (unpaired) electrons. The fourth-order valence-corrected chi connectivity index (χ4v) is 2.63. The number of aromatic amines is 1. The third kappa shape index (κ3) is 3.84. The summed E-state index contributed by atoms with van der Waals surface area (Å²) in [5, 5.41) is 3.75. The van der Waals surface area contributed by atoms with Gasteiger partial charge in [0.2, 0.25) is 5.76 Å². The number of rotatable bonds is 3. The number of aromatic nitrogens is 3. The van der Waals surface area contributed by atoms with Gasteiger partial charge in [-0.2, -0.15) is 0 Å². The van der Waals surface area contributed by atoms with Crippen LogP contribution in [0.15, 0.2) is 27.8 Å². The molecule has 0 spiro atoms. The molecule has 1 amide bonds. The Balaban J connectivity index is 1.70. The van der Waals surface area contributed by atoms with E-state index in [1.165, 1.54) is 12.4 Å². The summed E-state index contributed by atoms with van der Waals surface area (Å²) in [6.07, 6.45) is 1.96. The molecule has 1 fully saturated rings. The average Bonchev–Trinajstić information content (AvgIpc) is 2.82. The van der Waals surface area contributed by atoms with Gasteiger partial charge in [0.1, 0.15) is 0 Å². The number of nitrogens with one attached hydrogen (secondary N) is 1. The van der Waals surface area contributed by atoms with Crippen molar-refractivity contribution in [1.82, 2.24) is 20.0 Å². The second-order valence-electron chi connectivity index (χ2n) is 5.63. The second-order valence-corrected chi connectivity index (χ2v) is 5.63. The predicted octanol–water partition coefficient (Wildman–Crippen LogP) is 0.398. The Bertz CT molecular complexity index is 739. The summed E-state index contributed by atoms with van der Waals surface area (Å²) in [5.41, 5.74) is 1.17. The topological polar surface area (TPSA) is 101 Å². The van der Waals surface area contributed by atoms with Crippen LogP contribution in [0.2, 0.25) is 0 Å². The smallest absolute Gasteiger partial charge is 0.292 e. The number of ether oxygens (including phenoxy) is 1. The van der Waals surface area contributed by atoms with Crippen LogP contribution in [0.1, 0.15) is 21.9 Å². The number of hydrogen-bond donors (Lipinski definition) is 1. The minimum absolute atomic E-state index is 0.0692. The SMILES string of the molecule is Cc1cc(C(=O)N2CCOC[C@@H](Cc3cc(=O)[nH]cn3)C2)on1. The van der Waals surface area contributed by atoms with Crippen LogP contribution < -0.4 is 5.56 Å². The summed E-state index contributed by atoms with van der Waals surface area (Å²) >= 11 is 0. The maximum Gasteiger partial charge on any atom is 0.292 e. The number of H-pyrrole nitrogens is 1. The Morgan fingerprint density at radius 3 is 3.09 bits per heavy atom. The van der Waals surface area contributed by atoms with Crippen molar-refractivity contribution in [2.75, 3.05) is 26.3 Å². The van der Waals surface area contributed by atoms with E-state index in [9.17, 15) is 9.59 Å². The van der Waals surface area contributed by atoms with E-state index in [1.807, 2.05) is 0 Å². The minimum Gasteiger partial charge on any atom is -0.379 e. The predicted molar refractivity (Wildman–Crippen MR) is 80.0 cm³/mol. The van der Waals surface area contributed by atoms with Crippen molar-refractivity contribution in [3.63, 3.8) is 0 Å². The third-order valence-corrected chi connectivity index (χ3v) is 3.70. The first-order chi connectivity index (χ1) is 11.1. The molecule has 1 saturated heterocycles. The average molecular weight is 318 g/mol. The van der Waals surface area contributed by atoms with Crippen molar-refractivity contribution in [2.24, 2.45) is 5.92 Å². The number of hydrogen-bond acceptors (Lipinski definition) is 6. The fraction of sp³-hybridized carbons (Fsp3) is 0.467. The standard InChI is InChI=1S/C15H18N4O4/c1-10-4-13(23-18-10)15(21)19-2-3-22-8-11(7-19)5-12-6-14(20)17-9-16-12/h4,6,9,11H,2-3,5,7-8H2,1H3,(H,16,17,20)/t11-/m0/s1. The van der Waals surface area contributed by atoms with Crippen LogP contribution in [0.5, 0.6) is 0 Å². The summed E-state index contributed by atoms with van der Waals surface area (Å²) in [6.45, 7) is 3.78. The molecule has 1 aliphatic heterocycles. The Labute approximate surface area is 132 Å². The highest BCUT2D eigenvalue weighted by atomic mass is 16.5. The number of aryl methyl sites for hydroxylation is 1. The maximum atomic E-state index is 12.5. The van der Waals surface area contributed by atoms with E-state index in [0.717, 1.165) is 0 Å². The van der Waals surface area contributed by atoms with Crippen molar-refractivity contribution in [3.05, 3.63) is 46.0 Å². The summed E-state index contributed by atoms with van der Waals surface area (Å²) in [6, 6.07) is 3.10. The lowest BCUT2D eigenvalue weighted by molar-refractivity contribution is 0.0695. The van der Waals surface area contributed by atoms with Crippen LogP contribution in [0.3, 0.4) is 0 Å². The maximum absolute atomic E-state index is 12.5. The molecule has 0 aliphatic carbocycles. The molecule has 1 N–H and O–H groups in total. The Hall–Kier alpha value is -2.48. The summed E-state index contributed by atoms with van der Waals surface area (Å²) in [7, 11) is 0. The highest BCUT2D eigenvalue weighted by Crippen LogP contribution is 2.15. The Morgan fingerprint density at radius 2 is 2.35 bits per heavy atom. The van der Waals surface area contributed by atoms with Crippen molar-refractivity contribution < 1.29 is 14.1 Å². The van der Waals surface area contributed by atoms with Crippen molar-refractivity contribution >= 4 is 5.91 Å². The molecule has 3 heterocycles. The summed E-state index contributed by atoms with van der Waals surface area (Å²) < 4.78 is 10.6. The van der Waals surface area contributed by atoms with E-state index in [2.05, 4.69) is 15.1 Å². The first-order valence-corrected chi connectivity index (χ1v) is 7.46. The molecular weight excluding hydrogens is 300 g/mol. The van der Waals surface area contributed by atoms with Gasteiger partial charge in [0, 0.05) is 36.8 Å². The van der Waals surface area contributed by atoms with Gasteiger partial charge in [0.15, 0.2) is 0 Å². The zero-order valence-electron chi connectivity index (χ0n) is 12.8. The quantitative estimate of drug-likeness (QED) is 0.879. The van der Waals surface area contributed by atoms with Crippen LogP contribution in [0.4, 0.5) is 0 Å². The van der Waals surface area contributed by atoms with Crippen LogP contribution in [-0.2, 0) is 11.2 Å². The monoisotopic (exact) mass is 318 g/mol. The fourth-order valence-electron chi connectivity index (χ4n) is 2.63. The van der Waals surface area contributed by atoms with Gasteiger partial charge in [-0.05, 0) is 13.3 Å². The van der Waals surface area contributed by atoms with E-state index in [0.29, 0.717) is 44.1 Å². The number of carbonyl (C=O) groups is 1. The van der Waals surface area contributed by atoms with Crippen LogP contribution in [0, 0.1) is 12.8 Å². The molecule has 2 aromatic rings. The number of nitrogens with zero attached hydrogens (tertiary/aromatic N) is 3. The van der Waals surface area contributed by atoms with Gasteiger partial charge >= 0.3 is 0 Å². The zero-order valence-corrected chi connectivity index (χ0v) is 12.8. The molecule has 2 aromatic heterocycles. The lowest BCUT2D eigenvalue weighted by atomic mass is 10.0. The van der Waals surface area contributed by atoms with Gasteiger partial charge in [-0.1, -0.05) is 5.16 Å². The van der Waals surface area contributed by atoms with Gasteiger partial charge in [0.25, 0.3) is 11.5 Å². The van der Waals surface area contributed by atoms with Gasteiger partial charge in [-0.15, -0.1) is 0 Å². The van der Waals surface area contributed by atoms with Crippen LogP contribution in [-0.4, -0.2) is 52.2 Å². The van der Waals surface area contributed by atoms with Gasteiger partial charge < -0.3 is 19.1 Å². The molecule has 8 heteroatoms. The molecule has 0 unspecified atom stereocenters. The lowest BCUT2D eigenvalue weighted by Gasteiger charge is -2.22. The molecule has 0 bridgehead atoms. The summed E-state index contributed by atoms with van der Waals surface area (Å²) in [4.78, 5) is 32.2. The number of carbonyl (C=O) groups excluding carboxylic acids is 1. The first-order valence-electron chi connectivity index (χ1n) is 7.46. The van der Waals surface area contributed by atoms with Crippen molar-refractivity contribution in [1.29, 1.82) is 0 Å². The third-order valence-electron chi connectivity index (χ3n) is 3.70. The largest absolute Gasteiger partial charge is 0.379 e. The summed E-state index contributed by atoms with van der Waals surface area (Å²) in [5.74, 6) is 0.108. The zero-order chi connectivity index (χ0) is 16.2. The highest BCUT2D eigenvalue weighted by Gasteiger charge is 2.26. The Morgan fingerprint density at radius 1 is 1.48 bits per heavy atom. The van der Waals surface area contributed by atoms with Gasteiger partial charge in [-0.25, -0.2) is 4.98 Å². The van der Waals surface area contributed by atoms with E-state index < -0.39 is 0 Å². The van der Waals surface area contributed by atoms with E-state index in [1.54, 1.807) is 17.9 Å². The van der Waals surface area contributed by atoms with E-state index in [4.69, 9.17) is 9.26 Å². The van der Waals surface area contributed by atoms with Gasteiger partial charge in [0.05, 0.1) is 25.2 Å². The Kier molecular flexibility index (Phi) is 4.52. The lowest BCUT2D eigenvalue weighted by Crippen LogP contribution is -2.36. The molecule has 3 rings (SSSR count). The number of amides is 1. The molecule has 23 heavy (non-hydrogen) atoms. The van der Waals surface area contributed by atoms with Crippen LogP contribution >= 0.6 is 0 Å². The second kappa shape index (κ2) is 6.74. The molecule has 8 nitrogen and oxygen atoms in total. The van der Waals surface area contributed by atoms with Crippen LogP contribution in [0.25, 0.3) is 0 Å². The molecule has 122 valence electrons. The first kappa shape index (κ1) is 15.4. The molecule has 0 saturated carbocycles. The minimum atomic E-state index is -0.194. The van der Waals surface area contributed by atoms with E-state index >= 15 is 0 Å². The molecular formula is C15H18N4O4.